The van der Waals surface area contributed by atoms with Gasteiger partial charge in [-0.15, -0.1) is 0 Å². The van der Waals surface area contributed by atoms with Crippen molar-refractivity contribution in [1.82, 2.24) is 14.5 Å². The van der Waals surface area contributed by atoms with E-state index in [-0.39, 0.29) is 12.1 Å². The Kier molecular flexibility index (Phi) is 6.04. The summed E-state index contributed by atoms with van der Waals surface area (Å²) in [6.07, 6.45) is 1.56. The van der Waals surface area contributed by atoms with E-state index in [1.807, 2.05) is 69.3 Å². The number of fused-ring (bicyclic) bond motifs is 1. The van der Waals surface area contributed by atoms with Gasteiger partial charge in [0.25, 0.3) is 0 Å². The maximum atomic E-state index is 12.6. The van der Waals surface area contributed by atoms with Gasteiger partial charge in [-0.3, -0.25) is 0 Å². The highest BCUT2D eigenvalue weighted by atomic mass is 16.6. The second-order valence-corrected chi connectivity index (χ2v) is 9.19. The van der Waals surface area contributed by atoms with Crippen LogP contribution < -0.4 is 5.32 Å². The number of amides is 1. The zero-order valence-electron chi connectivity index (χ0n) is 18.8. The van der Waals surface area contributed by atoms with Crippen molar-refractivity contribution >= 4 is 23.1 Å². The number of aromatic nitrogens is 2. The van der Waals surface area contributed by atoms with Gasteiger partial charge in [-0.2, -0.15) is 5.26 Å². The molecule has 1 fully saturated rings. The van der Waals surface area contributed by atoms with Crippen molar-refractivity contribution < 1.29 is 9.53 Å². The number of imidazole rings is 1. The molecule has 0 spiro atoms. The number of ether oxygens (including phenoxy) is 1. The van der Waals surface area contributed by atoms with Crippen LogP contribution in [0, 0.1) is 11.3 Å². The summed E-state index contributed by atoms with van der Waals surface area (Å²) < 4.78 is 7.67. The van der Waals surface area contributed by atoms with E-state index in [1.165, 1.54) is 0 Å². The number of likely N-dealkylation sites (tertiary alicyclic amines) is 1. The number of rotatable bonds is 4. The molecule has 2 heterocycles. The van der Waals surface area contributed by atoms with Crippen LogP contribution in [0.5, 0.6) is 0 Å². The lowest BCUT2D eigenvalue weighted by molar-refractivity contribution is 0.0206. The lowest BCUT2D eigenvalue weighted by atomic mass is 10.1. The van der Waals surface area contributed by atoms with Crippen LogP contribution in [0.4, 0.5) is 10.7 Å². The molecule has 1 atom stereocenters. The number of piperidine rings is 1. The van der Waals surface area contributed by atoms with Crippen molar-refractivity contribution in [2.45, 2.75) is 51.8 Å². The molecule has 0 saturated carbocycles. The summed E-state index contributed by atoms with van der Waals surface area (Å²) in [5.41, 5.74) is 2.98. The van der Waals surface area contributed by atoms with Crippen molar-refractivity contribution in [1.29, 1.82) is 5.26 Å². The SMILES string of the molecule is CC(C)(C)OC(=O)N1CCC[C@H](Nc2nc3ccccc3n2Cc2ccccc2C#N)C1. The van der Waals surface area contributed by atoms with Gasteiger partial charge in [0.15, 0.2) is 0 Å². The Bertz CT molecular complexity index is 1160. The highest BCUT2D eigenvalue weighted by molar-refractivity contribution is 5.79. The lowest BCUT2D eigenvalue weighted by Crippen LogP contribution is -2.47. The number of benzene rings is 2. The summed E-state index contributed by atoms with van der Waals surface area (Å²) in [6, 6.07) is 18.0. The fourth-order valence-electron chi connectivity index (χ4n) is 4.05. The summed E-state index contributed by atoms with van der Waals surface area (Å²) in [5.74, 6) is 0.745. The van der Waals surface area contributed by atoms with Crippen LogP contribution in [0.25, 0.3) is 11.0 Å². The van der Waals surface area contributed by atoms with Gasteiger partial charge >= 0.3 is 6.09 Å². The van der Waals surface area contributed by atoms with E-state index >= 15 is 0 Å². The quantitative estimate of drug-likeness (QED) is 0.643. The van der Waals surface area contributed by atoms with Crippen molar-refractivity contribution in [2.75, 3.05) is 18.4 Å². The molecule has 3 aromatic rings. The van der Waals surface area contributed by atoms with E-state index in [0.717, 1.165) is 35.4 Å². The number of carbonyl (C=O) groups excluding carboxylic acids is 1. The van der Waals surface area contributed by atoms with E-state index in [2.05, 4.69) is 16.0 Å². The summed E-state index contributed by atoms with van der Waals surface area (Å²) in [5, 5.41) is 13.1. The third-order valence-corrected chi connectivity index (χ3v) is 5.53. The molecule has 2 aromatic carbocycles. The molecule has 1 amide bonds. The monoisotopic (exact) mass is 431 g/mol. The third-order valence-electron chi connectivity index (χ3n) is 5.53. The molecule has 1 N–H and O–H groups in total. The normalized spacial score (nSPS) is 16.6. The maximum absolute atomic E-state index is 12.6. The summed E-state index contributed by atoms with van der Waals surface area (Å²) >= 11 is 0. The molecule has 166 valence electrons. The molecule has 0 aliphatic carbocycles. The number of hydrogen-bond donors (Lipinski definition) is 1. The summed E-state index contributed by atoms with van der Waals surface area (Å²) in [4.78, 5) is 19.1. The number of hydrogen-bond acceptors (Lipinski definition) is 5. The van der Waals surface area contributed by atoms with Crippen LogP contribution >= 0.6 is 0 Å². The average Bonchev–Trinajstić information content (AvgIpc) is 3.10. The molecule has 1 saturated heterocycles. The van der Waals surface area contributed by atoms with Gasteiger partial charge in [0, 0.05) is 19.1 Å². The van der Waals surface area contributed by atoms with Crippen molar-refractivity contribution in [2.24, 2.45) is 0 Å². The smallest absolute Gasteiger partial charge is 0.410 e. The number of nitrogens with one attached hydrogen (secondary N) is 1. The molecule has 1 aliphatic heterocycles. The average molecular weight is 432 g/mol. The van der Waals surface area contributed by atoms with Gasteiger partial charge in [0.2, 0.25) is 5.95 Å². The van der Waals surface area contributed by atoms with E-state index in [9.17, 15) is 10.1 Å². The standard InChI is InChI=1S/C25H29N5O2/c1-25(2,3)32-24(31)29-14-8-11-20(17-29)27-23-28-21-12-6-7-13-22(21)30(23)16-19-10-5-4-9-18(19)15-26/h4-7,9-10,12-13,20H,8,11,14,16-17H2,1-3H3,(H,27,28)/t20-/m0/s1. The van der Waals surface area contributed by atoms with Gasteiger partial charge in [-0.05, 0) is 57.4 Å². The number of para-hydroxylation sites is 2. The molecule has 1 aromatic heterocycles. The second kappa shape index (κ2) is 8.91. The minimum atomic E-state index is -0.514. The van der Waals surface area contributed by atoms with E-state index < -0.39 is 5.60 Å². The van der Waals surface area contributed by atoms with Crippen LogP contribution in [0.2, 0.25) is 0 Å². The molecular weight excluding hydrogens is 402 g/mol. The maximum Gasteiger partial charge on any atom is 0.410 e. The van der Waals surface area contributed by atoms with Crippen LogP contribution in [0.1, 0.15) is 44.7 Å². The second-order valence-electron chi connectivity index (χ2n) is 9.19. The summed E-state index contributed by atoms with van der Waals surface area (Å²) in [7, 11) is 0. The topological polar surface area (TPSA) is 83.2 Å². The van der Waals surface area contributed by atoms with Crippen LogP contribution in [-0.2, 0) is 11.3 Å². The molecule has 32 heavy (non-hydrogen) atoms. The largest absolute Gasteiger partial charge is 0.444 e. The Balaban J connectivity index is 1.59. The predicted octanol–water partition coefficient (Wildman–Crippen LogP) is 4.77. The first-order valence-electron chi connectivity index (χ1n) is 11.0. The highest BCUT2D eigenvalue weighted by Gasteiger charge is 2.28. The molecule has 7 nitrogen and oxygen atoms in total. The van der Waals surface area contributed by atoms with Gasteiger partial charge in [-0.1, -0.05) is 30.3 Å². The Hall–Kier alpha value is -3.53. The predicted molar refractivity (Wildman–Crippen MR) is 124 cm³/mol. The number of nitrogens with zero attached hydrogens (tertiary/aromatic N) is 4. The molecule has 1 aliphatic rings. The number of carbonyl (C=O) groups is 1. The fourth-order valence-corrected chi connectivity index (χ4v) is 4.05. The number of nitriles is 1. The molecule has 4 rings (SSSR count). The Morgan fingerprint density at radius 2 is 1.97 bits per heavy atom. The highest BCUT2D eigenvalue weighted by Crippen LogP contribution is 2.25. The van der Waals surface area contributed by atoms with Crippen molar-refractivity contribution in [3.8, 4) is 6.07 Å². The van der Waals surface area contributed by atoms with E-state index in [0.29, 0.717) is 25.2 Å². The Morgan fingerprint density at radius 1 is 1.22 bits per heavy atom. The first kappa shape index (κ1) is 21.7. The zero-order valence-corrected chi connectivity index (χ0v) is 18.8. The van der Waals surface area contributed by atoms with E-state index in [1.54, 1.807) is 4.90 Å². The fraction of sp³-hybridized carbons (Fsp3) is 0.400. The Morgan fingerprint density at radius 3 is 2.75 bits per heavy atom. The van der Waals surface area contributed by atoms with Gasteiger partial charge < -0.3 is 19.5 Å². The van der Waals surface area contributed by atoms with Gasteiger partial charge in [0.1, 0.15) is 5.60 Å². The zero-order chi connectivity index (χ0) is 22.7. The minimum Gasteiger partial charge on any atom is -0.444 e. The Labute approximate surface area is 188 Å². The van der Waals surface area contributed by atoms with Crippen LogP contribution in [0.3, 0.4) is 0 Å². The molecule has 0 bridgehead atoms. The summed E-state index contributed by atoms with van der Waals surface area (Å²) in [6.45, 7) is 7.44. The lowest BCUT2D eigenvalue weighted by Gasteiger charge is -2.34. The van der Waals surface area contributed by atoms with Crippen molar-refractivity contribution in [3.63, 3.8) is 0 Å². The molecule has 7 heteroatoms. The first-order valence-corrected chi connectivity index (χ1v) is 11.0. The first-order chi connectivity index (χ1) is 15.3. The van der Waals surface area contributed by atoms with Gasteiger partial charge in [-0.25, -0.2) is 9.78 Å². The van der Waals surface area contributed by atoms with Crippen LogP contribution in [-0.4, -0.2) is 45.3 Å². The molecule has 0 radical (unpaired) electrons. The van der Waals surface area contributed by atoms with E-state index in [4.69, 9.17) is 9.72 Å². The molecule has 0 unspecified atom stereocenters. The van der Waals surface area contributed by atoms with Gasteiger partial charge in [0.05, 0.1) is 29.2 Å². The molecular formula is C25H29N5O2. The van der Waals surface area contributed by atoms with Crippen molar-refractivity contribution in [3.05, 3.63) is 59.7 Å². The third kappa shape index (κ3) is 4.86. The number of anilines is 1. The van der Waals surface area contributed by atoms with Crippen LogP contribution in [0.15, 0.2) is 48.5 Å². The minimum absolute atomic E-state index is 0.0676.